The number of rotatable bonds is 12. The molecule has 3 aliphatic rings. The van der Waals surface area contributed by atoms with E-state index in [-0.39, 0.29) is 36.1 Å². The number of benzene rings is 1. The third-order valence-corrected chi connectivity index (χ3v) is 10.5. The summed E-state index contributed by atoms with van der Waals surface area (Å²) in [5.74, 6) is -3.03. The van der Waals surface area contributed by atoms with E-state index in [9.17, 15) is 28.8 Å². The van der Waals surface area contributed by atoms with E-state index in [0.717, 1.165) is 12.0 Å². The zero-order chi connectivity index (χ0) is 35.9. The van der Waals surface area contributed by atoms with Crippen molar-refractivity contribution in [1.29, 1.82) is 0 Å². The molecule has 1 saturated carbocycles. The normalized spacial score (nSPS) is 23.0. The molecule has 0 spiro atoms. The lowest BCUT2D eigenvalue weighted by molar-refractivity contribution is -0.145. The van der Waals surface area contributed by atoms with Crippen LogP contribution >= 0.6 is 0 Å². The Morgan fingerprint density at radius 3 is 2.19 bits per heavy atom. The first-order valence-electron chi connectivity index (χ1n) is 17.1. The van der Waals surface area contributed by atoms with Gasteiger partial charge in [-0.25, -0.2) is 4.79 Å². The number of carbonyl (C=O) groups excluding carboxylic acids is 6. The number of piperidine rings is 1. The van der Waals surface area contributed by atoms with Crippen LogP contribution in [0.2, 0.25) is 0 Å². The monoisotopic (exact) mass is 666 g/mol. The smallest absolute Gasteiger partial charge is 0.315 e. The number of nitrogens with zero attached hydrogens (tertiary/aromatic N) is 2. The van der Waals surface area contributed by atoms with Crippen molar-refractivity contribution in [3.8, 4) is 0 Å². The van der Waals surface area contributed by atoms with Crippen molar-refractivity contribution < 1.29 is 28.8 Å². The Hall–Kier alpha value is -3.96. The summed E-state index contributed by atoms with van der Waals surface area (Å²) in [6.45, 7) is 18.6. The molecule has 264 valence electrons. The number of hydrogen-bond donors (Lipinski definition) is 4. The SMILES string of the molecule is CCCCC(NC(=O)[C@@H]1[C@@H]2[C@H](CN1C(=O)[C@@H](NC(=O)N[C@H](CN1Cc3ccccc3C1=O)C(C)(C)C)C(C)(C)C)C2(C)C)C(=O)C(N)=O. The number of likely N-dealkylation sites (tertiary alicyclic amines) is 1. The van der Waals surface area contributed by atoms with Crippen molar-refractivity contribution in [2.24, 2.45) is 33.8 Å². The molecule has 4 rings (SSSR count). The van der Waals surface area contributed by atoms with Crippen LogP contribution in [0, 0.1) is 28.1 Å². The van der Waals surface area contributed by atoms with E-state index in [4.69, 9.17) is 5.73 Å². The molecular formula is C36H54N6O6. The maximum Gasteiger partial charge on any atom is 0.315 e. The van der Waals surface area contributed by atoms with Gasteiger partial charge in [-0.15, -0.1) is 0 Å². The van der Waals surface area contributed by atoms with E-state index >= 15 is 0 Å². The minimum Gasteiger partial charge on any atom is -0.363 e. The number of unbranched alkanes of at least 4 members (excludes halogenated alkanes) is 1. The number of nitrogens with one attached hydrogen (secondary N) is 3. The zero-order valence-corrected chi connectivity index (χ0v) is 29.9. The maximum absolute atomic E-state index is 14.4. The minimum atomic E-state index is -1.12. The number of fused-ring (bicyclic) bond motifs is 2. The van der Waals surface area contributed by atoms with E-state index in [0.29, 0.717) is 25.1 Å². The predicted molar refractivity (Wildman–Crippen MR) is 181 cm³/mol. The summed E-state index contributed by atoms with van der Waals surface area (Å²) in [5.41, 5.74) is 5.55. The maximum atomic E-state index is 14.4. The zero-order valence-electron chi connectivity index (χ0n) is 29.9. The Bertz CT molecular complexity index is 1460. The topological polar surface area (TPSA) is 171 Å². The standard InChI is InChI=1S/C36H54N6O6/c1-10-11-16-23(27(43)29(37)44)38-30(45)26-25-22(36(25,8)9)18-42(26)32(47)28(35(5,6)7)40-33(48)39-24(34(2,3)4)19-41-17-20-14-12-13-15-21(20)31(41)46/h12-15,22-26,28H,10-11,16-19H2,1-9H3,(H2,37,44)(H,38,45)(H2,39,40,48)/t22-,23?,24+,25-,26-,28+/m0/s1. The lowest BCUT2D eigenvalue weighted by Crippen LogP contribution is -2.62. The number of Topliss-reactive ketones (excluding diaryl/α,β-unsaturated/α-hetero) is 1. The Morgan fingerprint density at radius 1 is 0.979 bits per heavy atom. The summed E-state index contributed by atoms with van der Waals surface area (Å²) in [6.07, 6.45) is 1.62. The van der Waals surface area contributed by atoms with Crippen molar-refractivity contribution in [2.45, 2.75) is 112 Å². The summed E-state index contributed by atoms with van der Waals surface area (Å²) < 4.78 is 0. The second kappa shape index (κ2) is 13.5. The third-order valence-electron chi connectivity index (χ3n) is 10.5. The summed E-state index contributed by atoms with van der Waals surface area (Å²) in [4.78, 5) is 82.6. The molecule has 1 aromatic carbocycles. The van der Waals surface area contributed by atoms with Crippen LogP contribution in [0.25, 0.3) is 0 Å². The van der Waals surface area contributed by atoms with E-state index < -0.39 is 64.5 Å². The largest absolute Gasteiger partial charge is 0.363 e. The molecule has 1 aromatic rings. The molecule has 1 saturated heterocycles. The van der Waals surface area contributed by atoms with Crippen LogP contribution < -0.4 is 21.7 Å². The lowest BCUT2D eigenvalue weighted by Gasteiger charge is -2.39. The predicted octanol–water partition coefficient (Wildman–Crippen LogP) is 2.98. The first kappa shape index (κ1) is 36.9. The van der Waals surface area contributed by atoms with Gasteiger partial charge in [0.2, 0.25) is 17.6 Å². The van der Waals surface area contributed by atoms with Gasteiger partial charge in [0, 0.05) is 25.2 Å². The number of urea groups is 1. The minimum absolute atomic E-state index is 0.0694. The van der Waals surface area contributed by atoms with Crippen LogP contribution in [0.15, 0.2) is 24.3 Å². The van der Waals surface area contributed by atoms with Gasteiger partial charge in [0.25, 0.3) is 11.8 Å². The Balaban J connectivity index is 1.51. The van der Waals surface area contributed by atoms with Crippen molar-refractivity contribution in [1.82, 2.24) is 25.8 Å². The fraction of sp³-hybridized carbons (Fsp3) is 0.667. The molecule has 0 bridgehead atoms. The molecule has 5 N–H and O–H groups in total. The van der Waals surface area contributed by atoms with Gasteiger partial charge in [0.05, 0.1) is 12.1 Å². The first-order chi connectivity index (χ1) is 22.2. The molecular weight excluding hydrogens is 612 g/mol. The van der Waals surface area contributed by atoms with Crippen LogP contribution in [-0.4, -0.2) is 82.5 Å². The van der Waals surface area contributed by atoms with Crippen LogP contribution in [0.1, 0.15) is 97.5 Å². The molecule has 1 unspecified atom stereocenters. The Kier molecular flexibility index (Phi) is 10.4. The number of carbonyl (C=O) groups is 6. The average molecular weight is 667 g/mol. The van der Waals surface area contributed by atoms with Crippen molar-refractivity contribution in [3.05, 3.63) is 35.4 Å². The number of hydrogen-bond acceptors (Lipinski definition) is 6. The highest BCUT2D eigenvalue weighted by atomic mass is 16.2. The van der Waals surface area contributed by atoms with Crippen LogP contribution in [0.4, 0.5) is 4.79 Å². The van der Waals surface area contributed by atoms with Gasteiger partial charge in [-0.2, -0.15) is 0 Å². The highest BCUT2D eigenvalue weighted by molar-refractivity contribution is 6.37. The second-order valence-electron chi connectivity index (χ2n) is 16.5. The first-order valence-corrected chi connectivity index (χ1v) is 17.1. The molecule has 6 amide bonds. The molecule has 2 heterocycles. The van der Waals surface area contributed by atoms with E-state index in [1.807, 2.05) is 66.7 Å². The molecule has 6 atom stereocenters. The molecule has 12 nitrogen and oxygen atoms in total. The number of nitrogens with two attached hydrogens (primary N) is 1. The Morgan fingerprint density at radius 2 is 1.62 bits per heavy atom. The molecule has 2 aliphatic heterocycles. The summed E-state index contributed by atoms with van der Waals surface area (Å²) >= 11 is 0. The van der Waals surface area contributed by atoms with Crippen molar-refractivity contribution in [2.75, 3.05) is 13.1 Å². The molecule has 1 aliphatic carbocycles. The van der Waals surface area contributed by atoms with Crippen molar-refractivity contribution in [3.63, 3.8) is 0 Å². The fourth-order valence-electron chi connectivity index (χ4n) is 7.28. The molecule has 0 aromatic heterocycles. The van der Waals surface area contributed by atoms with Crippen LogP contribution in [-0.2, 0) is 25.7 Å². The van der Waals surface area contributed by atoms with Gasteiger partial charge >= 0.3 is 6.03 Å². The van der Waals surface area contributed by atoms with Gasteiger partial charge in [-0.05, 0) is 46.1 Å². The quantitative estimate of drug-likeness (QED) is 0.250. The third kappa shape index (κ3) is 7.52. The van der Waals surface area contributed by atoms with E-state index in [2.05, 4.69) is 29.8 Å². The summed E-state index contributed by atoms with van der Waals surface area (Å²) in [5, 5.41) is 8.69. The van der Waals surface area contributed by atoms with Crippen LogP contribution in [0.3, 0.4) is 0 Å². The molecule has 48 heavy (non-hydrogen) atoms. The molecule has 0 radical (unpaired) electrons. The summed E-state index contributed by atoms with van der Waals surface area (Å²) in [7, 11) is 0. The fourth-order valence-corrected chi connectivity index (χ4v) is 7.28. The second-order valence-corrected chi connectivity index (χ2v) is 16.5. The van der Waals surface area contributed by atoms with E-state index in [1.54, 1.807) is 11.0 Å². The van der Waals surface area contributed by atoms with Gasteiger partial charge in [-0.1, -0.05) is 93.4 Å². The van der Waals surface area contributed by atoms with Crippen molar-refractivity contribution >= 4 is 35.4 Å². The van der Waals surface area contributed by atoms with Gasteiger partial charge in [0.1, 0.15) is 12.1 Å². The van der Waals surface area contributed by atoms with Gasteiger partial charge in [0.15, 0.2) is 0 Å². The summed E-state index contributed by atoms with van der Waals surface area (Å²) in [6, 6.07) is 3.55. The average Bonchev–Trinajstić information content (AvgIpc) is 3.28. The Labute approximate surface area is 284 Å². The number of ketones is 1. The van der Waals surface area contributed by atoms with Gasteiger partial charge < -0.3 is 31.5 Å². The molecule has 2 fully saturated rings. The van der Waals surface area contributed by atoms with Crippen LogP contribution in [0.5, 0.6) is 0 Å². The highest BCUT2D eigenvalue weighted by Crippen LogP contribution is 2.65. The molecule has 12 heteroatoms. The lowest BCUT2D eigenvalue weighted by atomic mass is 9.85. The number of amides is 6. The highest BCUT2D eigenvalue weighted by Gasteiger charge is 2.70. The van der Waals surface area contributed by atoms with E-state index in [1.165, 1.54) is 4.90 Å². The van der Waals surface area contributed by atoms with Gasteiger partial charge in [-0.3, -0.25) is 24.0 Å². The number of primary amides is 1.